The first-order valence-corrected chi connectivity index (χ1v) is 5.93. The Hall–Kier alpha value is -0.620. The number of aliphatic hydroxyl groups excluding tert-OH is 1. The van der Waals surface area contributed by atoms with Gasteiger partial charge in [-0.25, -0.2) is 0 Å². The summed E-state index contributed by atoms with van der Waals surface area (Å²) in [4.78, 5) is 11.8. The van der Waals surface area contributed by atoms with Crippen LogP contribution in [0, 0.1) is 3.57 Å². The average molecular weight is 319 g/mol. The standard InChI is InChI=1S/C11H14INO2/c1-2-8(7-14)13-11(15)9-5-3-4-6-10(9)12/h3-6,8,14H,2,7H2,1H3,(H,13,15)/t8-/m1/s1. The van der Waals surface area contributed by atoms with E-state index in [2.05, 4.69) is 27.9 Å². The third-order valence-electron chi connectivity index (χ3n) is 2.17. The van der Waals surface area contributed by atoms with Crippen LogP contribution in [0.4, 0.5) is 0 Å². The van der Waals surface area contributed by atoms with Crippen LogP contribution in [0.2, 0.25) is 0 Å². The lowest BCUT2D eigenvalue weighted by Gasteiger charge is -2.14. The van der Waals surface area contributed by atoms with E-state index in [1.165, 1.54) is 0 Å². The molecule has 1 aromatic rings. The Bertz CT molecular complexity index is 337. The van der Waals surface area contributed by atoms with E-state index >= 15 is 0 Å². The lowest BCUT2D eigenvalue weighted by molar-refractivity contribution is 0.0914. The summed E-state index contributed by atoms with van der Waals surface area (Å²) in [6.45, 7) is 1.91. The van der Waals surface area contributed by atoms with Gasteiger partial charge >= 0.3 is 0 Å². The van der Waals surface area contributed by atoms with Crippen LogP contribution in [0.5, 0.6) is 0 Å². The van der Waals surface area contributed by atoms with Crippen molar-refractivity contribution in [1.82, 2.24) is 5.32 Å². The van der Waals surface area contributed by atoms with Gasteiger partial charge < -0.3 is 10.4 Å². The van der Waals surface area contributed by atoms with Crippen molar-refractivity contribution >= 4 is 28.5 Å². The largest absolute Gasteiger partial charge is 0.394 e. The van der Waals surface area contributed by atoms with E-state index < -0.39 is 0 Å². The topological polar surface area (TPSA) is 49.3 Å². The van der Waals surface area contributed by atoms with Gasteiger partial charge in [0.05, 0.1) is 18.2 Å². The van der Waals surface area contributed by atoms with Gasteiger partial charge in [-0.2, -0.15) is 0 Å². The van der Waals surface area contributed by atoms with Crippen molar-refractivity contribution in [3.8, 4) is 0 Å². The van der Waals surface area contributed by atoms with Gasteiger partial charge in [0.15, 0.2) is 0 Å². The Morgan fingerprint density at radius 1 is 1.53 bits per heavy atom. The van der Waals surface area contributed by atoms with Gasteiger partial charge in [0.25, 0.3) is 5.91 Å². The smallest absolute Gasteiger partial charge is 0.252 e. The molecule has 0 aliphatic rings. The lowest BCUT2D eigenvalue weighted by atomic mass is 10.2. The number of hydrogen-bond acceptors (Lipinski definition) is 2. The van der Waals surface area contributed by atoms with Crippen LogP contribution in [0.25, 0.3) is 0 Å². The van der Waals surface area contributed by atoms with Crippen molar-refractivity contribution in [1.29, 1.82) is 0 Å². The van der Waals surface area contributed by atoms with Gasteiger partial charge in [-0.1, -0.05) is 19.1 Å². The second-order valence-corrected chi connectivity index (χ2v) is 4.40. The summed E-state index contributed by atoms with van der Waals surface area (Å²) in [5.74, 6) is -0.124. The highest BCUT2D eigenvalue weighted by atomic mass is 127. The van der Waals surface area contributed by atoms with Crippen molar-refractivity contribution in [3.63, 3.8) is 0 Å². The highest BCUT2D eigenvalue weighted by Crippen LogP contribution is 2.11. The molecule has 0 saturated heterocycles. The fraction of sp³-hybridized carbons (Fsp3) is 0.364. The van der Waals surface area contributed by atoms with Crippen molar-refractivity contribution in [2.75, 3.05) is 6.61 Å². The number of carbonyl (C=O) groups is 1. The Morgan fingerprint density at radius 2 is 2.20 bits per heavy atom. The van der Waals surface area contributed by atoms with Gasteiger partial charge in [-0.05, 0) is 41.1 Å². The summed E-state index contributed by atoms with van der Waals surface area (Å²) in [5.41, 5.74) is 0.657. The minimum Gasteiger partial charge on any atom is -0.394 e. The fourth-order valence-electron chi connectivity index (χ4n) is 1.19. The van der Waals surface area contributed by atoms with E-state index in [0.29, 0.717) is 5.56 Å². The molecule has 0 aliphatic carbocycles. The molecule has 1 aromatic carbocycles. The first-order valence-electron chi connectivity index (χ1n) is 4.85. The normalized spacial score (nSPS) is 12.2. The van der Waals surface area contributed by atoms with Gasteiger partial charge in [-0.15, -0.1) is 0 Å². The SMILES string of the molecule is CC[C@H](CO)NC(=O)c1ccccc1I. The molecule has 4 heteroatoms. The Balaban J connectivity index is 2.73. The maximum atomic E-state index is 11.8. The molecule has 82 valence electrons. The van der Waals surface area contributed by atoms with Gasteiger partial charge in [0, 0.05) is 3.57 Å². The van der Waals surface area contributed by atoms with E-state index in [9.17, 15) is 4.79 Å². The molecule has 0 aliphatic heterocycles. The first-order chi connectivity index (χ1) is 7.19. The van der Waals surface area contributed by atoms with Crippen LogP contribution in [0.15, 0.2) is 24.3 Å². The fourth-order valence-corrected chi connectivity index (χ4v) is 1.82. The lowest BCUT2D eigenvalue weighted by Crippen LogP contribution is -2.37. The summed E-state index contributed by atoms with van der Waals surface area (Å²) in [6, 6.07) is 7.23. The van der Waals surface area contributed by atoms with Crippen LogP contribution in [-0.4, -0.2) is 23.7 Å². The third kappa shape index (κ3) is 3.46. The molecule has 0 radical (unpaired) electrons. The van der Waals surface area contributed by atoms with Crippen LogP contribution < -0.4 is 5.32 Å². The first kappa shape index (κ1) is 12.4. The molecule has 15 heavy (non-hydrogen) atoms. The van der Waals surface area contributed by atoms with Crippen LogP contribution in [-0.2, 0) is 0 Å². The minimum atomic E-state index is -0.159. The zero-order valence-corrected chi connectivity index (χ0v) is 10.7. The van der Waals surface area contributed by atoms with E-state index in [0.717, 1.165) is 9.99 Å². The number of nitrogens with one attached hydrogen (secondary N) is 1. The second kappa shape index (κ2) is 6.07. The average Bonchev–Trinajstić information content (AvgIpc) is 2.26. The summed E-state index contributed by atoms with van der Waals surface area (Å²) in [6.07, 6.45) is 0.728. The molecule has 3 nitrogen and oxygen atoms in total. The molecular weight excluding hydrogens is 305 g/mol. The van der Waals surface area contributed by atoms with E-state index in [1.807, 2.05) is 25.1 Å². The number of amides is 1. The predicted octanol–water partition coefficient (Wildman–Crippen LogP) is 1.79. The number of aliphatic hydroxyl groups is 1. The van der Waals surface area contributed by atoms with E-state index in [4.69, 9.17) is 5.11 Å². The molecule has 0 heterocycles. The van der Waals surface area contributed by atoms with Gasteiger partial charge in [0.1, 0.15) is 0 Å². The Kier molecular flexibility index (Phi) is 5.04. The molecule has 0 saturated carbocycles. The zero-order valence-electron chi connectivity index (χ0n) is 8.53. The molecule has 1 atom stereocenters. The molecule has 0 aromatic heterocycles. The molecule has 0 spiro atoms. The highest BCUT2D eigenvalue weighted by molar-refractivity contribution is 14.1. The van der Waals surface area contributed by atoms with Crippen molar-refractivity contribution in [3.05, 3.63) is 33.4 Å². The maximum Gasteiger partial charge on any atom is 0.252 e. The Morgan fingerprint density at radius 3 is 2.73 bits per heavy atom. The number of benzene rings is 1. The van der Waals surface area contributed by atoms with Crippen molar-refractivity contribution in [2.45, 2.75) is 19.4 Å². The molecule has 2 N–H and O–H groups in total. The number of hydrogen-bond donors (Lipinski definition) is 2. The van der Waals surface area contributed by atoms with Crippen LogP contribution >= 0.6 is 22.6 Å². The maximum absolute atomic E-state index is 11.8. The Labute approximate surface area is 103 Å². The molecule has 0 bridgehead atoms. The summed E-state index contributed by atoms with van der Waals surface area (Å²) in [7, 11) is 0. The second-order valence-electron chi connectivity index (χ2n) is 3.24. The zero-order chi connectivity index (χ0) is 11.3. The van der Waals surface area contributed by atoms with Crippen molar-refractivity contribution < 1.29 is 9.90 Å². The van der Waals surface area contributed by atoms with Crippen LogP contribution in [0.1, 0.15) is 23.7 Å². The van der Waals surface area contributed by atoms with Crippen molar-refractivity contribution in [2.24, 2.45) is 0 Å². The van der Waals surface area contributed by atoms with E-state index in [1.54, 1.807) is 6.07 Å². The molecular formula is C11H14INO2. The van der Waals surface area contributed by atoms with Crippen LogP contribution in [0.3, 0.4) is 0 Å². The number of halogens is 1. The predicted molar refractivity (Wildman–Crippen MR) is 67.8 cm³/mol. The molecule has 0 unspecified atom stereocenters. The summed E-state index contributed by atoms with van der Waals surface area (Å²) in [5, 5.41) is 11.8. The summed E-state index contributed by atoms with van der Waals surface area (Å²) >= 11 is 2.12. The molecule has 0 fully saturated rings. The minimum absolute atomic E-state index is 0.0222. The third-order valence-corrected chi connectivity index (χ3v) is 3.11. The molecule has 1 amide bonds. The molecule has 1 rings (SSSR count). The summed E-state index contributed by atoms with van der Waals surface area (Å²) < 4.78 is 0.917. The van der Waals surface area contributed by atoms with Gasteiger partial charge in [-0.3, -0.25) is 4.79 Å². The number of carbonyl (C=O) groups excluding carboxylic acids is 1. The van der Waals surface area contributed by atoms with Gasteiger partial charge in [0.2, 0.25) is 0 Å². The van der Waals surface area contributed by atoms with E-state index in [-0.39, 0.29) is 18.6 Å². The quantitative estimate of drug-likeness (QED) is 0.832. The number of rotatable bonds is 4. The monoisotopic (exact) mass is 319 g/mol. The highest BCUT2D eigenvalue weighted by Gasteiger charge is 2.12.